The Kier molecular flexibility index (Phi) is 3.04. The van der Waals surface area contributed by atoms with Crippen LogP contribution in [0.1, 0.15) is 54.0 Å². The molecule has 3 rings (SSSR count). The SMILES string of the molecule is Cc1nc(C2CC2)ncc1C(=O)NS(=O)(=O)C1CC1C. The molecule has 1 aromatic heterocycles. The largest absolute Gasteiger partial charge is 0.268 e. The molecule has 0 radical (unpaired) electrons. The summed E-state index contributed by atoms with van der Waals surface area (Å²) in [5.41, 5.74) is 0.754. The summed E-state index contributed by atoms with van der Waals surface area (Å²) in [5, 5.41) is -0.446. The van der Waals surface area contributed by atoms with Crippen molar-refractivity contribution in [3.63, 3.8) is 0 Å². The number of amides is 1. The molecule has 1 N–H and O–H groups in total. The van der Waals surface area contributed by atoms with Crippen LogP contribution in [-0.2, 0) is 10.0 Å². The summed E-state index contributed by atoms with van der Waals surface area (Å²) in [6.07, 6.45) is 4.20. The molecule has 0 aromatic carbocycles. The van der Waals surface area contributed by atoms with Crippen molar-refractivity contribution in [3.05, 3.63) is 23.3 Å². The lowest BCUT2D eigenvalue weighted by molar-refractivity contribution is 0.0980. The molecule has 1 heterocycles. The van der Waals surface area contributed by atoms with E-state index in [1.165, 1.54) is 6.20 Å². The first-order valence-electron chi connectivity index (χ1n) is 6.78. The molecule has 6 nitrogen and oxygen atoms in total. The Morgan fingerprint density at radius 1 is 1.40 bits per heavy atom. The molecule has 2 saturated carbocycles. The van der Waals surface area contributed by atoms with Crippen molar-refractivity contribution < 1.29 is 13.2 Å². The molecule has 0 bridgehead atoms. The zero-order valence-corrected chi connectivity index (χ0v) is 12.3. The maximum atomic E-state index is 12.0. The van der Waals surface area contributed by atoms with E-state index in [2.05, 4.69) is 14.7 Å². The number of nitrogens with one attached hydrogen (secondary N) is 1. The maximum absolute atomic E-state index is 12.0. The maximum Gasteiger partial charge on any atom is 0.268 e. The second kappa shape index (κ2) is 4.51. The fourth-order valence-corrected chi connectivity index (χ4v) is 3.91. The van der Waals surface area contributed by atoms with Gasteiger partial charge in [0.1, 0.15) is 5.82 Å². The van der Waals surface area contributed by atoms with E-state index in [0.29, 0.717) is 18.0 Å². The number of aromatic nitrogens is 2. The summed E-state index contributed by atoms with van der Waals surface area (Å²) in [7, 11) is -3.57. The molecular weight excluding hydrogens is 278 g/mol. The topological polar surface area (TPSA) is 89.0 Å². The molecule has 0 spiro atoms. The number of aryl methyl sites for hydroxylation is 1. The molecule has 108 valence electrons. The summed E-state index contributed by atoms with van der Waals surface area (Å²) >= 11 is 0. The van der Waals surface area contributed by atoms with Gasteiger partial charge in [-0.3, -0.25) is 4.79 Å². The number of sulfonamides is 1. The van der Waals surface area contributed by atoms with Crippen LogP contribution in [0, 0.1) is 12.8 Å². The highest BCUT2D eigenvalue weighted by Crippen LogP contribution is 2.38. The van der Waals surface area contributed by atoms with Crippen LogP contribution in [0.5, 0.6) is 0 Å². The lowest BCUT2D eigenvalue weighted by Crippen LogP contribution is -2.34. The lowest BCUT2D eigenvalue weighted by atomic mass is 10.2. The van der Waals surface area contributed by atoms with Gasteiger partial charge in [0.05, 0.1) is 16.5 Å². The van der Waals surface area contributed by atoms with Crippen LogP contribution in [-0.4, -0.2) is 29.5 Å². The van der Waals surface area contributed by atoms with E-state index in [0.717, 1.165) is 18.7 Å². The molecule has 1 aromatic rings. The Morgan fingerprint density at radius 2 is 2.05 bits per heavy atom. The lowest BCUT2D eigenvalue weighted by Gasteiger charge is -2.08. The number of carbonyl (C=O) groups is 1. The number of nitrogens with zero attached hydrogens (tertiary/aromatic N) is 2. The molecule has 2 aliphatic carbocycles. The second-order valence-corrected chi connectivity index (χ2v) is 7.63. The smallest absolute Gasteiger partial charge is 0.268 e. The van der Waals surface area contributed by atoms with Crippen LogP contribution < -0.4 is 4.72 Å². The van der Waals surface area contributed by atoms with E-state index in [9.17, 15) is 13.2 Å². The van der Waals surface area contributed by atoms with Crippen LogP contribution in [0.2, 0.25) is 0 Å². The molecule has 2 fully saturated rings. The Labute approximate surface area is 118 Å². The molecule has 20 heavy (non-hydrogen) atoms. The van der Waals surface area contributed by atoms with E-state index in [-0.39, 0.29) is 11.5 Å². The third-order valence-corrected chi connectivity index (χ3v) is 5.78. The predicted molar refractivity (Wildman–Crippen MR) is 72.7 cm³/mol. The van der Waals surface area contributed by atoms with Gasteiger partial charge in [-0.1, -0.05) is 6.92 Å². The third kappa shape index (κ3) is 2.54. The van der Waals surface area contributed by atoms with Crippen molar-refractivity contribution >= 4 is 15.9 Å². The van der Waals surface area contributed by atoms with Gasteiger partial charge in [-0.25, -0.2) is 23.1 Å². The molecule has 7 heteroatoms. The normalized spacial score (nSPS) is 25.3. The quantitative estimate of drug-likeness (QED) is 0.899. The summed E-state index contributed by atoms with van der Waals surface area (Å²) in [6.45, 7) is 3.56. The van der Waals surface area contributed by atoms with Gasteiger partial charge in [-0.05, 0) is 32.1 Å². The standard InChI is InChI=1S/C13H17N3O3S/c1-7-5-11(7)20(18,19)16-13(17)10-6-14-12(9-3-4-9)15-8(10)2/h6-7,9,11H,3-5H2,1-2H3,(H,16,17). The predicted octanol–water partition coefficient (Wildman–Crippen LogP) is 1.13. The van der Waals surface area contributed by atoms with E-state index >= 15 is 0 Å². The minimum atomic E-state index is -3.57. The summed E-state index contributed by atoms with van der Waals surface area (Å²) in [5.74, 6) is 0.637. The van der Waals surface area contributed by atoms with E-state index in [1.54, 1.807) is 6.92 Å². The minimum absolute atomic E-state index is 0.120. The average Bonchev–Trinajstić information content (AvgIpc) is 3.21. The monoisotopic (exact) mass is 295 g/mol. The van der Waals surface area contributed by atoms with Gasteiger partial charge in [0, 0.05) is 12.1 Å². The first-order chi connectivity index (χ1) is 9.38. The van der Waals surface area contributed by atoms with Crippen molar-refractivity contribution in [3.8, 4) is 0 Å². The number of hydrogen-bond acceptors (Lipinski definition) is 5. The Bertz CT molecular complexity index is 667. The molecule has 2 unspecified atom stereocenters. The van der Waals surface area contributed by atoms with Crippen LogP contribution in [0.25, 0.3) is 0 Å². The Hall–Kier alpha value is -1.50. The molecule has 2 aliphatic rings. The molecular formula is C13H17N3O3S. The van der Waals surface area contributed by atoms with Gasteiger partial charge >= 0.3 is 0 Å². The highest BCUT2D eigenvalue weighted by Gasteiger charge is 2.45. The summed E-state index contributed by atoms with van der Waals surface area (Å²) in [4.78, 5) is 20.5. The zero-order chi connectivity index (χ0) is 14.5. The van der Waals surface area contributed by atoms with E-state index < -0.39 is 21.2 Å². The fourth-order valence-electron chi connectivity index (χ4n) is 2.23. The Morgan fingerprint density at radius 3 is 2.55 bits per heavy atom. The highest BCUT2D eigenvalue weighted by molar-refractivity contribution is 7.91. The first-order valence-corrected chi connectivity index (χ1v) is 8.32. The van der Waals surface area contributed by atoms with Crippen molar-refractivity contribution in [1.29, 1.82) is 0 Å². The van der Waals surface area contributed by atoms with Crippen molar-refractivity contribution in [2.45, 2.75) is 44.3 Å². The van der Waals surface area contributed by atoms with Crippen molar-refractivity contribution in [2.24, 2.45) is 5.92 Å². The Balaban J connectivity index is 1.77. The van der Waals surface area contributed by atoms with Gasteiger partial charge in [-0.2, -0.15) is 0 Å². The zero-order valence-electron chi connectivity index (χ0n) is 11.5. The average molecular weight is 295 g/mol. The van der Waals surface area contributed by atoms with Crippen molar-refractivity contribution in [2.75, 3.05) is 0 Å². The molecule has 0 saturated heterocycles. The third-order valence-electron chi connectivity index (χ3n) is 3.85. The van der Waals surface area contributed by atoms with Crippen molar-refractivity contribution in [1.82, 2.24) is 14.7 Å². The van der Waals surface area contributed by atoms with Crippen LogP contribution >= 0.6 is 0 Å². The van der Waals surface area contributed by atoms with Gasteiger partial charge < -0.3 is 0 Å². The van der Waals surface area contributed by atoms with Gasteiger partial charge in [0.2, 0.25) is 10.0 Å². The first kappa shape index (κ1) is 13.5. The molecule has 1 amide bonds. The van der Waals surface area contributed by atoms with E-state index in [1.807, 2.05) is 6.92 Å². The van der Waals surface area contributed by atoms with Crippen LogP contribution in [0.4, 0.5) is 0 Å². The number of carbonyl (C=O) groups excluding carboxylic acids is 1. The second-order valence-electron chi connectivity index (χ2n) is 5.73. The molecule has 2 atom stereocenters. The van der Waals surface area contributed by atoms with Gasteiger partial charge in [0.15, 0.2) is 0 Å². The summed E-state index contributed by atoms with van der Waals surface area (Å²) in [6, 6.07) is 0. The minimum Gasteiger partial charge on any atom is -0.268 e. The summed E-state index contributed by atoms with van der Waals surface area (Å²) < 4.78 is 25.9. The molecule has 0 aliphatic heterocycles. The fraction of sp³-hybridized carbons (Fsp3) is 0.615. The number of hydrogen-bond donors (Lipinski definition) is 1. The van der Waals surface area contributed by atoms with Crippen LogP contribution in [0.15, 0.2) is 6.20 Å². The number of rotatable bonds is 4. The van der Waals surface area contributed by atoms with Gasteiger partial charge in [0.25, 0.3) is 5.91 Å². The van der Waals surface area contributed by atoms with Gasteiger partial charge in [-0.15, -0.1) is 0 Å². The highest BCUT2D eigenvalue weighted by atomic mass is 32.2. The van der Waals surface area contributed by atoms with E-state index in [4.69, 9.17) is 0 Å². The van der Waals surface area contributed by atoms with Crippen LogP contribution in [0.3, 0.4) is 0 Å².